The number of rotatable bonds is 9. The number of nitrogens with two attached hydrogens (primary N) is 1. The molecule has 4 N–H and O–H groups in total. The normalized spacial score (nSPS) is 10.8. The molecule has 5 nitrogen and oxygen atoms in total. The minimum absolute atomic E-state index is 0.613. The average Bonchev–Trinajstić information content (AvgIpc) is 3.09. The van der Waals surface area contributed by atoms with Crippen LogP contribution in [0, 0.1) is 0 Å². The smallest absolute Gasteiger partial charge is 0.227 e. The van der Waals surface area contributed by atoms with E-state index in [4.69, 9.17) is 5.73 Å². The molecule has 0 radical (unpaired) electrons. The van der Waals surface area contributed by atoms with Crippen LogP contribution in [0.15, 0.2) is 48.7 Å². The summed E-state index contributed by atoms with van der Waals surface area (Å²) in [4.78, 5) is 10.1. The van der Waals surface area contributed by atoms with Gasteiger partial charge in [-0.3, -0.25) is 0 Å². The van der Waals surface area contributed by atoms with Gasteiger partial charge in [0.25, 0.3) is 0 Å². The van der Waals surface area contributed by atoms with Crippen molar-refractivity contribution < 1.29 is 0 Å². The summed E-state index contributed by atoms with van der Waals surface area (Å²) >= 11 is 1.74. The molecule has 2 aromatic heterocycles. The number of hydrogen-bond acceptors (Lipinski definition) is 6. The fourth-order valence-electron chi connectivity index (χ4n) is 2.64. The van der Waals surface area contributed by atoms with Gasteiger partial charge >= 0.3 is 0 Å². The Balaban J connectivity index is 1.63. The number of benzene rings is 1. The Labute approximate surface area is 159 Å². The second-order valence-corrected chi connectivity index (χ2v) is 7.46. The van der Waals surface area contributed by atoms with E-state index in [1.807, 2.05) is 18.2 Å². The second kappa shape index (κ2) is 9.47. The Hall–Kier alpha value is -2.22. The summed E-state index contributed by atoms with van der Waals surface area (Å²) < 4.78 is 1.28. The first kappa shape index (κ1) is 18.6. The largest absolute Gasteiger partial charge is 0.330 e. The molecule has 0 saturated carbocycles. The van der Waals surface area contributed by atoms with Crippen LogP contribution in [0.5, 0.6) is 0 Å². The van der Waals surface area contributed by atoms with E-state index in [2.05, 4.69) is 52.7 Å². The van der Waals surface area contributed by atoms with Gasteiger partial charge in [0.2, 0.25) is 5.95 Å². The van der Waals surface area contributed by atoms with E-state index < -0.39 is 0 Å². The second-order valence-electron chi connectivity index (χ2n) is 6.17. The van der Waals surface area contributed by atoms with Gasteiger partial charge in [-0.15, -0.1) is 11.3 Å². The molecule has 0 atom stereocenters. The van der Waals surface area contributed by atoms with Crippen LogP contribution in [0.3, 0.4) is 0 Å². The third-order valence-corrected chi connectivity index (χ3v) is 4.99. The summed E-state index contributed by atoms with van der Waals surface area (Å²) in [7, 11) is 2.10. The third kappa shape index (κ3) is 5.39. The van der Waals surface area contributed by atoms with Crippen molar-refractivity contribution in [2.24, 2.45) is 5.73 Å². The van der Waals surface area contributed by atoms with Crippen LogP contribution >= 0.6 is 11.3 Å². The third-order valence-electron chi connectivity index (χ3n) is 3.97. The summed E-state index contributed by atoms with van der Waals surface area (Å²) in [5, 5.41) is 6.76. The topological polar surface area (TPSA) is 75.9 Å². The molecule has 0 fully saturated rings. The number of anilines is 2. The van der Waals surface area contributed by atoms with Crippen molar-refractivity contribution in [1.29, 1.82) is 0 Å². The molecule has 3 rings (SSSR count). The lowest BCUT2D eigenvalue weighted by Gasteiger charge is -2.09. The minimum atomic E-state index is 0.613. The van der Waals surface area contributed by atoms with Crippen molar-refractivity contribution in [3.05, 3.63) is 54.2 Å². The molecule has 0 unspecified atom stereocenters. The predicted molar refractivity (Wildman–Crippen MR) is 113 cm³/mol. The Morgan fingerprint density at radius 2 is 2.04 bits per heavy atom. The van der Waals surface area contributed by atoms with Gasteiger partial charge in [-0.1, -0.05) is 18.2 Å². The number of aromatic nitrogens is 2. The van der Waals surface area contributed by atoms with Gasteiger partial charge in [0.15, 0.2) is 7.85 Å². The van der Waals surface area contributed by atoms with Crippen molar-refractivity contribution in [2.45, 2.75) is 19.4 Å². The highest BCUT2D eigenvalue weighted by molar-refractivity contribution is 7.23. The summed E-state index contributed by atoms with van der Waals surface area (Å²) in [6.45, 7) is 2.58. The molecule has 134 valence electrons. The maximum atomic E-state index is 5.52. The Morgan fingerprint density at radius 1 is 1.12 bits per heavy atom. The van der Waals surface area contributed by atoms with Gasteiger partial charge in [-0.2, -0.15) is 0 Å². The lowest BCUT2D eigenvalue weighted by atomic mass is 10.1. The van der Waals surface area contributed by atoms with Crippen LogP contribution < -0.4 is 21.1 Å². The molecular formula is C19H24BN5S. The van der Waals surface area contributed by atoms with E-state index >= 15 is 0 Å². The first-order chi connectivity index (χ1) is 12.7. The summed E-state index contributed by atoms with van der Waals surface area (Å²) in [6, 6.07) is 14.5. The summed E-state index contributed by atoms with van der Waals surface area (Å²) in [5.41, 5.74) is 8.68. The van der Waals surface area contributed by atoms with Crippen LogP contribution in [0.1, 0.15) is 18.4 Å². The molecule has 0 aliphatic rings. The first-order valence-electron chi connectivity index (χ1n) is 8.91. The van der Waals surface area contributed by atoms with E-state index in [0.717, 1.165) is 48.7 Å². The zero-order valence-electron chi connectivity index (χ0n) is 15.0. The van der Waals surface area contributed by atoms with Crippen LogP contribution in [-0.2, 0) is 6.54 Å². The Bertz CT molecular complexity index is 836. The van der Waals surface area contributed by atoms with Gasteiger partial charge in [-0.05, 0) is 60.5 Å². The van der Waals surface area contributed by atoms with Crippen LogP contribution in [-0.4, -0.2) is 30.9 Å². The number of thiophene rings is 1. The number of nitrogens with zero attached hydrogens (tertiary/aromatic N) is 2. The molecule has 0 aliphatic carbocycles. The van der Waals surface area contributed by atoms with E-state index in [0.29, 0.717) is 5.95 Å². The van der Waals surface area contributed by atoms with Crippen molar-refractivity contribution in [2.75, 3.05) is 18.4 Å². The molecule has 0 saturated heterocycles. The maximum absolute atomic E-state index is 5.52. The van der Waals surface area contributed by atoms with Gasteiger partial charge < -0.3 is 16.4 Å². The highest BCUT2D eigenvalue weighted by Crippen LogP contribution is 2.22. The molecule has 3 aromatic rings. The lowest BCUT2D eigenvalue weighted by molar-refractivity contribution is 0.627. The van der Waals surface area contributed by atoms with Gasteiger partial charge in [0.05, 0.1) is 10.6 Å². The SMILES string of the molecule is Bc1ccc(-c2ccnc(Nc3cccc(CNCCCCN)c3)n2)s1. The van der Waals surface area contributed by atoms with E-state index in [9.17, 15) is 0 Å². The fraction of sp³-hybridized carbons (Fsp3) is 0.263. The fourth-order valence-corrected chi connectivity index (χ4v) is 3.48. The van der Waals surface area contributed by atoms with E-state index in [1.54, 1.807) is 17.5 Å². The van der Waals surface area contributed by atoms with Crippen LogP contribution in [0.25, 0.3) is 10.6 Å². The van der Waals surface area contributed by atoms with Gasteiger partial charge in [-0.25, -0.2) is 9.97 Å². The standard InChI is InChI=1S/C19H24BN5S/c20-18-7-6-17(26-18)16-8-11-23-19(25-16)24-15-5-3-4-14(12-15)13-22-10-2-1-9-21/h3-8,11-12,22H,1-2,9-10,13,20-21H2,(H,23,24,25). The first-order valence-corrected chi connectivity index (χ1v) is 9.73. The molecule has 0 spiro atoms. The number of unbranched alkanes of at least 4 members (excludes halogenated alkanes) is 1. The molecule has 0 aliphatic heterocycles. The predicted octanol–water partition coefficient (Wildman–Crippen LogP) is 2.04. The Kier molecular flexibility index (Phi) is 6.77. The molecule has 26 heavy (non-hydrogen) atoms. The molecule has 0 bridgehead atoms. The minimum Gasteiger partial charge on any atom is -0.330 e. The van der Waals surface area contributed by atoms with Gasteiger partial charge in [0.1, 0.15) is 0 Å². The molecule has 0 amide bonds. The quantitative estimate of drug-likeness (QED) is 0.400. The van der Waals surface area contributed by atoms with E-state index in [1.165, 1.54) is 10.3 Å². The monoisotopic (exact) mass is 365 g/mol. The number of nitrogens with one attached hydrogen (secondary N) is 2. The highest BCUT2D eigenvalue weighted by atomic mass is 32.1. The zero-order chi connectivity index (χ0) is 18.2. The summed E-state index contributed by atoms with van der Waals surface area (Å²) in [6.07, 6.45) is 3.96. The maximum Gasteiger partial charge on any atom is 0.227 e. The van der Waals surface area contributed by atoms with Crippen molar-refractivity contribution >= 4 is 35.6 Å². The zero-order valence-corrected chi connectivity index (χ0v) is 15.9. The van der Waals surface area contributed by atoms with Crippen molar-refractivity contribution in [1.82, 2.24) is 15.3 Å². The molecule has 1 aromatic carbocycles. The van der Waals surface area contributed by atoms with Crippen molar-refractivity contribution in [3.8, 4) is 10.6 Å². The van der Waals surface area contributed by atoms with Crippen molar-refractivity contribution in [3.63, 3.8) is 0 Å². The Morgan fingerprint density at radius 3 is 2.85 bits per heavy atom. The molecule has 2 heterocycles. The lowest BCUT2D eigenvalue weighted by Crippen LogP contribution is -2.15. The molecular weight excluding hydrogens is 341 g/mol. The summed E-state index contributed by atoms with van der Waals surface area (Å²) in [5.74, 6) is 0.613. The highest BCUT2D eigenvalue weighted by Gasteiger charge is 2.05. The molecule has 7 heteroatoms. The van der Waals surface area contributed by atoms with Crippen LogP contribution in [0.2, 0.25) is 0 Å². The van der Waals surface area contributed by atoms with Gasteiger partial charge in [0, 0.05) is 18.4 Å². The van der Waals surface area contributed by atoms with Crippen LogP contribution in [0.4, 0.5) is 11.6 Å². The average molecular weight is 365 g/mol. The number of hydrogen-bond donors (Lipinski definition) is 3. The van der Waals surface area contributed by atoms with E-state index in [-0.39, 0.29) is 0 Å².